The van der Waals surface area contributed by atoms with Crippen molar-refractivity contribution in [3.63, 3.8) is 0 Å². The quantitative estimate of drug-likeness (QED) is 0.555. The summed E-state index contributed by atoms with van der Waals surface area (Å²) in [4.78, 5) is 12.8. The summed E-state index contributed by atoms with van der Waals surface area (Å²) in [6.07, 6.45) is 7.13. The van der Waals surface area contributed by atoms with Gasteiger partial charge >= 0.3 is 0 Å². The molecule has 6 atom stereocenters. The highest BCUT2D eigenvalue weighted by Gasteiger charge is 2.61. The van der Waals surface area contributed by atoms with Crippen LogP contribution in [0.1, 0.15) is 71.6 Å². The van der Waals surface area contributed by atoms with Crippen LogP contribution in [0, 0.1) is 34.5 Å². The number of hydrogen-bond donors (Lipinski definition) is 0. The summed E-state index contributed by atoms with van der Waals surface area (Å²) < 4.78 is 26.8. The molecule has 1 unspecified atom stereocenters. The number of Topliss-reactive ketones (excluding diaryl/α,β-unsaturated/α-hetero) is 1. The van der Waals surface area contributed by atoms with Gasteiger partial charge in [0.05, 0.1) is 0 Å². The Kier molecular flexibility index (Phi) is 3.52. The lowest BCUT2D eigenvalue weighted by Gasteiger charge is -2.58. The number of ketones is 1. The maximum absolute atomic E-state index is 13.4. The molecule has 0 spiro atoms. The first-order chi connectivity index (χ1) is 10.9. The summed E-state index contributed by atoms with van der Waals surface area (Å²) in [5.74, 6) is 2.30. The van der Waals surface area contributed by atoms with E-state index in [1.54, 1.807) is 0 Å². The minimum Gasteiger partial charge on any atom is -0.299 e. The van der Waals surface area contributed by atoms with Crippen molar-refractivity contribution in [2.45, 2.75) is 71.6 Å². The van der Waals surface area contributed by atoms with E-state index in [9.17, 15) is 13.6 Å². The molecule has 3 heteroatoms. The van der Waals surface area contributed by atoms with E-state index in [4.69, 9.17) is 0 Å². The number of fused-ring (bicyclic) bond motifs is 5. The molecule has 4 aliphatic carbocycles. The van der Waals surface area contributed by atoms with Crippen LogP contribution in [0.5, 0.6) is 0 Å². The maximum atomic E-state index is 13.4. The SMILES string of the molecule is C[C@]12C(=O)CCCC1CC[C@@H]1[C@H]2CC[C@]2(C)C(=C(F)F)CC[C@@H]12. The Hall–Kier alpha value is -0.730. The highest BCUT2D eigenvalue weighted by atomic mass is 19.3. The molecule has 1 nitrogen and oxygen atoms in total. The van der Waals surface area contributed by atoms with Crippen LogP contribution in [0.25, 0.3) is 0 Å². The molecule has 0 aliphatic heterocycles. The molecule has 0 saturated heterocycles. The molecular weight excluding hydrogens is 294 g/mol. The molecule has 4 fully saturated rings. The van der Waals surface area contributed by atoms with Gasteiger partial charge in [-0.3, -0.25) is 4.79 Å². The number of rotatable bonds is 0. The molecule has 0 aromatic heterocycles. The second kappa shape index (κ2) is 5.13. The van der Waals surface area contributed by atoms with Gasteiger partial charge in [-0.05, 0) is 80.5 Å². The van der Waals surface area contributed by atoms with Gasteiger partial charge < -0.3 is 0 Å². The molecule has 4 aliphatic rings. The number of hydrogen-bond acceptors (Lipinski definition) is 1. The van der Waals surface area contributed by atoms with E-state index in [0.717, 1.165) is 44.9 Å². The van der Waals surface area contributed by atoms with Crippen molar-refractivity contribution in [1.82, 2.24) is 0 Å². The van der Waals surface area contributed by atoms with Gasteiger partial charge in [0.1, 0.15) is 5.78 Å². The topological polar surface area (TPSA) is 17.1 Å². The molecule has 0 amide bonds. The monoisotopic (exact) mass is 322 g/mol. The summed E-state index contributed by atoms with van der Waals surface area (Å²) in [6.45, 7) is 4.30. The van der Waals surface area contributed by atoms with Crippen LogP contribution in [0.2, 0.25) is 0 Å². The van der Waals surface area contributed by atoms with Crippen molar-refractivity contribution in [3.8, 4) is 0 Å². The van der Waals surface area contributed by atoms with E-state index in [2.05, 4.69) is 13.8 Å². The molecular formula is C20H28F2O. The van der Waals surface area contributed by atoms with Gasteiger partial charge in [-0.1, -0.05) is 13.8 Å². The lowest BCUT2D eigenvalue weighted by atomic mass is 9.45. The van der Waals surface area contributed by atoms with E-state index in [0.29, 0.717) is 41.4 Å². The Balaban J connectivity index is 1.70. The number of allylic oxidation sites excluding steroid dienone is 1. The van der Waals surface area contributed by atoms with Crippen LogP contribution in [-0.4, -0.2) is 5.78 Å². The van der Waals surface area contributed by atoms with Crippen molar-refractivity contribution in [1.29, 1.82) is 0 Å². The Morgan fingerprint density at radius 3 is 2.52 bits per heavy atom. The molecule has 0 N–H and O–H groups in total. The fourth-order valence-corrected chi connectivity index (χ4v) is 7.21. The van der Waals surface area contributed by atoms with Crippen molar-refractivity contribution >= 4 is 5.78 Å². The maximum Gasteiger partial charge on any atom is 0.270 e. The average Bonchev–Trinajstić information content (AvgIpc) is 2.86. The second-order valence-corrected chi connectivity index (χ2v) is 8.98. The van der Waals surface area contributed by atoms with E-state index in [1.165, 1.54) is 6.42 Å². The lowest BCUT2D eigenvalue weighted by molar-refractivity contribution is -0.153. The second-order valence-electron chi connectivity index (χ2n) is 8.98. The molecule has 0 aromatic carbocycles. The van der Waals surface area contributed by atoms with Crippen LogP contribution in [0.3, 0.4) is 0 Å². The first-order valence-electron chi connectivity index (χ1n) is 9.47. The van der Waals surface area contributed by atoms with Gasteiger partial charge in [0.25, 0.3) is 6.08 Å². The molecule has 4 rings (SSSR count). The highest BCUT2D eigenvalue weighted by Crippen LogP contribution is 2.67. The fraction of sp³-hybridized carbons (Fsp3) is 0.850. The molecule has 0 aromatic rings. The standard InChI is InChI=1S/C20H28F2O/c1-19-11-10-15-13(14(19)8-9-16(19)18(21)22)7-6-12-4-3-5-17(23)20(12,15)2/h12-15H,3-11H2,1-2H3/t12?,13-,14-,15+,19-,20-/m0/s1. The van der Waals surface area contributed by atoms with Gasteiger partial charge in [-0.2, -0.15) is 8.78 Å². The van der Waals surface area contributed by atoms with Gasteiger partial charge in [-0.15, -0.1) is 0 Å². The number of carbonyl (C=O) groups is 1. The Morgan fingerprint density at radius 2 is 1.78 bits per heavy atom. The zero-order valence-corrected chi connectivity index (χ0v) is 14.3. The molecule has 0 radical (unpaired) electrons. The molecule has 128 valence electrons. The van der Waals surface area contributed by atoms with Crippen LogP contribution in [-0.2, 0) is 4.79 Å². The van der Waals surface area contributed by atoms with E-state index in [-0.39, 0.29) is 10.8 Å². The minimum atomic E-state index is -1.43. The Bertz CT molecular complexity index is 564. The summed E-state index contributed by atoms with van der Waals surface area (Å²) in [7, 11) is 0. The minimum absolute atomic E-state index is 0.163. The molecule has 23 heavy (non-hydrogen) atoms. The largest absolute Gasteiger partial charge is 0.299 e. The summed E-state index contributed by atoms with van der Waals surface area (Å²) in [6, 6.07) is 0. The Labute approximate surface area is 137 Å². The third kappa shape index (κ3) is 1.97. The molecule has 4 saturated carbocycles. The van der Waals surface area contributed by atoms with Crippen LogP contribution < -0.4 is 0 Å². The van der Waals surface area contributed by atoms with E-state index >= 15 is 0 Å². The van der Waals surface area contributed by atoms with Crippen molar-refractivity contribution in [3.05, 3.63) is 11.7 Å². The van der Waals surface area contributed by atoms with Gasteiger partial charge in [0.15, 0.2) is 0 Å². The van der Waals surface area contributed by atoms with Crippen molar-refractivity contribution in [2.24, 2.45) is 34.5 Å². The normalized spacial score (nSPS) is 49.4. The summed E-state index contributed by atoms with van der Waals surface area (Å²) >= 11 is 0. The number of carbonyl (C=O) groups excluding carboxylic acids is 1. The Morgan fingerprint density at radius 1 is 1.00 bits per heavy atom. The van der Waals surface area contributed by atoms with Crippen molar-refractivity contribution < 1.29 is 13.6 Å². The first-order valence-corrected chi connectivity index (χ1v) is 9.47. The van der Waals surface area contributed by atoms with Crippen LogP contribution in [0.4, 0.5) is 8.78 Å². The zero-order chi connectivity index (χ0) is 16.4. The zero-order valence-electron chi connectivity index (χ0n) is 14.3. The molecule has 0 heterocycles. The lowest BCUT2D eigenvalue weighted by Crippen LogP contribution is -2.55. The fourth-order valence-electron chi connectivity index (χ4n) is 7.21. The van der Waals surface area contributed by atoms with Gasteiger partial charge in [-0.25, -0.2) is 0 Å². The summed E-state index contributed by atoms with van der Waals surface area (Å²) in [5, 5.41) is 0. The van der Waals surface area contributed by atoms with Crippen LogP contribution >= 0.6 is 0 Å². The first kappa shape index (κ1) is 15.8. The van der Waals surface area contributed by atoms with Gasteiger partial charge in [0, 0.05) is 17.4 Å². The van der Waals surface area contributed by atoms with Gasteiger partial charge in [0.2, 0.25) is 0 Å². The smallest absolute Gasteiger partial charge is 0.270 e. The van der Waals surface area contributed by atoms with E-state index < -0.39 is 6.08 Å². The van der Waals surface area contributed by atoms with E-state index in [1.807, 2.05) is 0 Å². The molecule has 0 bridgehead atoms. The summed E-state index contributed by atoms with van der Waals surface area (Å²) in [5.41, 5.74) is -0.0346. The predicted molar refractivity (Wildman–Crippen MR) is 86.0 cm³/mol. The van der Waals surface area contributed by atoms with Crippen LogP contribution in [0.15, 0.2) is 11.7 Å². The highest BCUT2D eigenvalue weighted by molar-refractivity contribution is 5.86. The third-order valence-electron chi connectivity index (χ3n) is 8.47. The average molecular weight is 322 g/mol. The predicted octanol–water partition coefficient (Wildman–Crippen LogP) is 5.75. The van der Waals surface area contributed by atoms with Crippen molar-refractivity contribution in [2.75, 3.05) is 0 Å². The third-order valence-corrected chi connectivity index (χ3v) is 8.47. The number of halogens is 2.